The highest BCUT2D eigenvalue weighted by molar-refractivity contribution is 5.96. The molecule has 0 fully saturated rings. The first kappa shape index (κ1) is 8.97. The van der Waals surface area contributed by atoms with E-state index in [4.69, 9.17) is 0 Å². The summed E-state index contributed by atoms with van der Waals surface area (Å²) >= 11 is 0. The summed E-state index contributed by atoms with van der Waals surface area (Å²) < 4.78 is 4.59. The van der Waals surface area contributed by atoms with Gasteiger partial charge in [0.05, 0.1) is 0 Å². The third-order valence-electron chi connectivity index (χ3n) is 2.12. The third kappa shape index (κ3) is 1.54. The molecule has 1 atom stereocenters. The Labute approximate surface area is 81.6 Å². The number of aryl methyl sites for hydroxylation is 1. The third-order valence-corrected chi connectivity index (χ3v) is 2.12. The Hall–Kier alpha value is -1.61. The van der Waals surface area contributed by atoms with Crippen LogP contribution in [0.1, 0.15) is 11.1 Å². The number of aliphatic hydroxyl groups excluding tert-OH is 1. The van der Waals surface area contributed by atoms with Crippen molar-refractivity contribution < 1.29 is 14.6 Å². The van der Waals surface area contributed by atoms with E-state index in [1.54, 1.807) is 0 Å². The number of hydrogen-bond acceptors (Lipinski definition) is 3. The van der Waals surface area contributed by atoms with Gasteiger partial charge in [0.25, 0.3) is 0 Å². The van der Waals surface area contributed by atoms with E-state index in [-0.39, 0.29) is 0 Å². The second kappa shape index (κ2) is 3.27. The van der Waals surface area contributed by atoms with Gasteiger partial charge in [-0.05, 0) is 12.5 Å². The Morgan fingerprint density at radius 2 is 2.21 bits per heavy atom. The molecule has 1 unspecified atom stereocenters. The number of aliphatic hydroxyl groups is 1. The maximum absolute atomic E-state index is 10.9. The van der Waals surface area contributed by atoms with Gasteiger partial charge in [-0.3, -0.25) is 0 Å². The van der Waals surface area contributed by atoms with Crippen LogP contribution in [0.5, 0.6) is 0 Å². The van der Waals surface area contributed by atoms with Gasteiger partial charge >= 0.3 is 5.97 Å². The average Bonchev–Trinajstić information content (AvgIpc) is 2.45. The lowest BCUT2D eigenvalue weighted by Crippen LogP contribution is -2.09. The molecule has 0 aromatic heterocycles. The van der Waals surface area contributed by atoms with E-state index in [9.17, 15) is 9.90 Å². The summed E-state index contributed by atoms with van der Waals surface area (Å²) in [7, 11) is 0. The molecule has 1 aromatic rings. The van der Waals surface area contributed by atoms with Crippen LogP contribution in [0.25, 0.3) is 5.57 Å². The summed E-state index contributed by atoms with van der Waals surface area (Å²) in [6.07, 6.45) is 0.198. The number of ether oxygens (including phenoxy) is 1. The number of rotatable bonds is 1. The van der Waals surface area contributed by atoms with Gasteiger partial charge < -0.3 is 9.84 Å². The van der Waals surface area contributed by atoms with E-state index in [0.29, 0.717) is 5.57 Å². The molecule has 0 saturated carbocycles. The summed E-state index contributed by atoms with van der Waals surface area (Å²) in [6, 6.07) is 7.57. The predicted octanol–water partition coefficient (Wildman–Crippen LogP) is 1.25. The maximum Gasteiger partial charge on any atom is 0.333 e. The van der Waals surface area contributed by atoms with Gasteiger partial charge in [0.15, 0.2) is 0 Å². The SMILES string of the molecule is Cc1cccc(C2=CC(=O)OC2O)c1. The van der Waals surface area contributed by atoms with Gasteiger partial charge in [0.2, 0.25) is 6.29 Å². The van der Waals surface area contributed by atoms with Crippen LogP contribution in [0.2, 0.25) is 0 Å². The largest absolute Gasteiger partial charge is 0.428 e. The molecule has 1 heterocycles. The number of esters is 1. The predicted molar refractivity (Wildman–Crippen MR) is 51.3 cm³/mol. The molecule has 1 aliphatic rings. The van der Waals surface area contributed by atoms with E-state index in [1.807, 2.05) is 31.2 Å². The molecule has 0 aliphatic carbocycles. The van der Waals surface area contributed by atoms with E-state index in [1.165, 1.54) is 6.08 Å². The molecule has 3 nitrogen and oxygen atoms in total. The molecule has 0 bridgehead atoms. The number of benzene rings is 1. The van der Waals surface area contributed by atoms with Crippen LogP contribution in [0.3, 0.4) is 0 Å². The van der Waals surface area contributed by atoms with Crippen LogP contribution >= 0.6 is 0 Å². The number of carbonyl (C=O) groups is 1. The van der Waals surface area contributed by atoms with Crippen molar-refractivity contribution in [1.29, 1.82) is 0 Å². The lowest BCUT2D eigenvalue weighted by molar-refractivity contribution is -0.149. The molecule has 14 heavy (non-hydrogen) atoms. The zero-order chi connectivity index (χ0) is 10.1. The van der Waals surface area contributed by atoms with Crippen molar-refractivity contribution in [3.63, 3.8) is 0 Å². The van der Waals surface area contributed by atoms with Crippen molar-refractivity contribution in [1.82, 2.24) is 0 Å². The molecule has 2 rings (SSSR count). The van der Waals surface area contributed by atoms with Crippen molar-refractivity contribution in [3.8, 4) is 0 Å². The lowest BCUT2D eigenvalue weighted by atomic mass is 10.0. The van der Waals surface area contributed by atoms with Gasteiger partial charge in [-0.25, -0.2) is 4.79 Å². The zero-order valence-corrected chi connectivity index (χ0v) is 7.73. The smallest absolute Gasteiger partial charge is 0.333 e. The minimum absolute atomic E-state index is 0.492. The fraction of sp³-hybridized carbons (Fsp3) is 0.182. The minimum atomic E-state index is -1.12. The molecule has 1 aromatic carbocycles. The van der Waals surface area contributed by atoms with Crippen molar-refractivity contribution >= 4 is 11.5 Å². The Morgan fingerprint density at radius 3 is 2.79 bits per heavy atom. The fourth-order valence-corrected chi connectivity index (χ4v) is 1.46. The first-order valence-corrected chi connectivity index (χ1v) is 4.34. The standard InChI is InChI=1S/C11H10O3/c1-7-3-2-4-8(5-7)9-6-10(12)14-11(9)13/h2-6,11,13H,1H3. The number of carbonyl (C=O) groups excluding carboxylic acids is 1. The van der Waals surface area contributed by atoms with Gasteiger partial charge in [-0.2, -0.15) is 0 Å². The Morgan fingerprint density at radius 1 is 1.43 bits per heavy atom. The molecule has 0 saturated heterocycles. The first-order valence-electron chi connectivity index (χ1n) is 4.34. The topological polar surface area (TPSA) is 46.5 Å². The van der Waals surface area contributed by atoms with Gasteiger partial charge in [-0.15, -0.1) is 0 Å². The molecule has 1 aliphatic heterocycles. The van der Waals surface area contributed by atoms with Gasteiger partial charge in [0.1, 0.15) is 0 Å². The Kier molecular flexibility index (Phi) is 2.09. The molecule has 1 N–H and O–H groups in total. The number of cyclic esters (lactones) is 1. The average molecular weight is 190 g/mol. The van der Waals surface area contributed by atoms with Crippen LogP contribution in [0.15, 0.2) is 30.3 Å². The Bertz CT molecular complexity index is 407. The van der Waals surface area contributed by atoms with E-state index >= 15 is 0 Å². The van der Waals surface area contributed by atoms with Crippen molar-refractivity contribution in [2.75, 3.05) is 0 Å². The summed E-state index contributed by atoms with van der Waals surface area (Å²) in [4.78, 5) is 10.9. The van der Waals surface area contributed by atoms with Crippen LogP contribution in [-0.4, -0.2) is 17.4 Å². The van der Waals surface area contributed by atoms with Crippen LogP contribution in [0, 0.1) is 6.92 Å². The number of hydrogen-bond donors (Lipinski definition) is 1. The molecule has 0 amide bonds. The fourth-order valence-electron chi connectivity index (χ4n) is 1.46. The summed E-state index contributed by atoms with van der Waals surface area (Å²) in [5, 5.41) is 9.39. The summed E-state index contributed by atoms with van der Waals surface area (Å²) in [5.74, 6) is -0.492. The lowest BCUT2D eigenvalue weighted by Gasteiger charge is -2.07. The summed E-state index contributed by atoms with van der Waals surface area (Å²) in [5.41, 5.74) is 2.43. The second-order valence-electron chi connectivity index (χ2n) is 3.26. The molecular formula is C11H10O3. The highest BCUT2D eigenvalue weighted by Crippen LogP contribution is 2.24. The summed E-state index contributed by atoms with van der Waals surface area (Å²) in [6.45, 7) is 1.95. The normalized spacial score (nSPS) is 20.6. The van der Waals surface area contributed by atoms with Gasteiger partial charge in [-0.1, -0.05) is 29.8 Å². The van der Waals surface area contributed by atoms with Crippen molar-refractivity contribution in [2.24, 2.45) is 0 Å². The molecule has 0 spiro atoms. The van der Waals surface area contributed by atoms with E-state index in [0.717, 1.165) is 11.1 Å². The molecular weight excluding hydrogens is 180 g/mol. The van der Waals surface area contributed by atoms with Crippen molar-refractivity contribution in [2.45, 2.75) is 13.2 Å². The first-order chi connectivity index (χ1) is 6.66. The second-order valence-corrected chi connectivity index (χ2v) is 3.26. The van der Waals surface area contributed by atoms with E-state index in [2.05, 4.69) is 4.74 Å². The van der Waals surface area contributed by atoms with Gasteiger partial charge in [0, 0.05) is 11.6 Å². The minimum Gasteiger partial charge on any atom is -0.428 e. The molecule has 72 valence electrons. The van der Waals surface area contributed by atoms with Crippen molar-refractivity contribution in [3.05, 3.63) is 41.5 Å². The van der Waals surface area contributed by atoms with Crippen LogP contribution in [-0.2, 0) is 9.53 Å². The monoisotopic (exact) mass is 190 g/mol. The highest BCUT2D eigenvalue weighted by Gasteiger charge is 2.24. The van der Waals surface area contributed by atoms with Crippen LogP contribution < -0.4 is 0 Å². The zero-order valence-electron chi connectivity index (χ0n) is 7.73. The highest BCUT2D eigenvalue weighted by atomic mass is 16.6. The van der Waals surface area contributed by atoms with Crippen LogP contribution in [0.4, 0.5) is 0 Å². The van der Waals surface area contributed by atoms with E-state index < -0.39 is 12.3 Å². The molecule has 3 heteroatoms. The quantitative estimate of drug-likeness (QED) is 0.678. The maximum atomic E-state index is 10.9. The molecule has 0 radical (unpaired) electrons. The Balaban J connectivity index is 2.40.